The van der Waals surface area contributed by atoms with Crippen LogP contribution < -0.4 is 0 Å². The average Bonchev–Trinajstić information content (AvgIpc) is 2.83. The zero-order chi connectivity index (χ0) is 14.8. The predicted octanol–water partition coefficient (Wildman–Crippen LogP) is 2.75. The molecule has 0 aliphatic rings. The second-order valence-electron chi connectivity index (χ2n) is 4.73. The minimum atomic E-state index is -0.592. The molecule has 1 aromatic heterocycles. The quantitative estimate of drug-likeness (QED) is 0.743. The summed E-state index contributed by atoms with van der Waals surface area (Å²) in [5, 5.41) is 11.8. The smallest absolute Gasteiger partial charge is 0.179 e. The lowest BCUT2D eigenvalue weighted by molar-refractivity contribution is 0.584. The molecule has 106 valence electrons. The summed E-state index contributed by atoms with van der Waals surface area (Å²) in [5.74, 6) is -0.586. The van der Waals surface area contributed by atoms with Gasteiger partial charge in [0.05, 0.1) is 7.05 Å². The van der Waals surface area contributed by atoms with Gasteiger partial charge in [-0.25, -0.2) is 8.78 Å². The van der Waals surface area contributed by atoms with Crippen LogP contribution in [0.4, 0.5) is 8.78 Å². The normalized spacial score (nSPS) is 10.8. The molecule has 2 aromatic carbocycles. The predicted molar refractivity (Wildman–Crippen MR) is 73.4 cm³/mol. The molecule has 3 rings (SSSR count). The summed E-state index contributed by atoms with van der Waals surface area (Å²) in [4.78, 5) is 1.39. The van der Waals surface area contributed by atoms with Crippen LogP contribution in [0, 0.1) is 11.6 Å². The van der Waals surface area contributed by atoms with Crippen LogP contribution in [0.2, 0.25) is 0 Å². The average molecular weight is 286 g/mol. The van der Waals surface area contributed by atoms with Crippen LogP contribution in [-0.4, -0.2) is 20.2 Å². The number of aryl methyl sites for hydroxylation is 1. The van der Waals surface area contributed by atoms with Crippen LogP contribution in [0.5, 0.6) is 0 Å². The van der Waals surface area contributed by atoms with Crippen molar-refractivity contribution in [1.29, 1.82) is 0 Å². The molecule has 0 radical (unpaired) electrons. The van der Waals surface area contributed by atoms with E-state index < -0.39 is 11.6 Å². The van der Waals surface area contributed by atoms with Gasteiger partial charge >= 0.3 is 0 Å². The van der Waals surface area contributed by atoms with Gasteiger partial charge < -0.3 is 0 Å². The number of nitrogens with zero attached hydrogens (tertiary/aromatic N) is 4. The van der Waals surface area contributed by atoms with Crippen molar-refractivity contribution in [3.63, 3.8) is 0 Å². The van der Waals surface area contributed by atoms with E-state index in [-0.39, 0.29) is 0 Å². The summed E-state index contributed by atoms with van der Waals surface area (Å²) in [7, 11) is 1.70. The monoisotopic (exact) mass is 286 g/mol. The lowest BCUT2D eigenvalue weighted by atomic mass is 10.0. The Bertz CT molecular complexity index is 763. The van der Waals surface area contributed by atoms with Gasteiger partial charge in [0.15, 0.2) is 5.82 Å². The van der Waals surface area contributed by atoms with Crippen LogP contribution in [-0.2, 0) is 13.5 Å². The summed E-state index contributed by atoms with van der Waals surface area (Å²) in [6.07, 6.45) is 0.513. The van der Waals surface area contributed by atoms with Crippen LogP contribution in [0.3, 0.4) is 0 Å². The van der Waals surface area contributed by atoms with E-state index in [1.165, 1.54) is 16.9 Å². The van der Waals surface area contributed by atoms with Gasteiger partial charge in [0.1, 0.15) is 11.6 Å². The van der Waals surface area contributed by atoms with Crippen LogP contribution in [0.25, 0.3) is 11.1 Å². The van der Waals surface area contributed by atoms with Gasteiger partial charge in [-0.2, -0.15) is 4.80 Å². The molecule has 3 aromatic rings. The fraction of sp³-hybridized carbons (Fsp3) is 0.133. The van der Waals surface area contributed by atoms with Crippen molar-refractivity contribution < 1.29 is 8.78 Å². The highest BCUT2D eigenvalue weighted by atomic mass is 19.1. The molecule has 0 amide bonds. The molecule has 4 nitrogen and oxygen atoms in total. The summed E-state index contributed by atoms with van der Waals surface area (Å²) in [6, 6.07) is 10.9. The third-order valence-electron chi connectivity index (χ3n) is 3.03. The maximum Gasteiger partial charge on any atom is 0.179 e. The molecular weight excluding hydrogens is 274 g/mol. The van der Waals surface area contributed by atoms with E-state index in [0.29, 0.717) is 17.8 Å². The third kappa shape index (κ3) is 3.10. The summed E-state index contributed by atoms with van der Waals surface area (Å²) in [6.45, 7) is 0. The molecule has 0 spiro atoms. The Morgan fingerprint density at radius 1 is 1.00 bits per heavy atom. The lowest BCUT2D eigenvalue weighted by Crippen LogP contribution is -1.95. The molecule has 0 N–H and O–H groups in total. The van der Waals surface area contributed by atoms with Crippen LogP contribution in [0.1, 0.15) is 11.4 Å². The van der Waals surface area contributed by atoms with Crippen molar-refractivity contribution in [2.75, 3.05) is 0 Å². The standard InChI is InChI=1S/C15H12F2N4/c1-21-19-15(18-20-21)6-10-3-2-4-11(5-10)12-7-13(16)9-14(17)8-12/h2-5,7-9H,6H2,1H3. The van der Waals surface area contributed by atoms with Crippen molar-refractivity contribution in [2.24, 2.45) is 7.05 Å². The zero-order valence-corrected chi connectivity index (χ0v) is 11.3. The van der Waals surface area contributed by atoms with E-state index in [2.05, 4.69) is 15.4 Å². The Balaban J connectivity index is 1.92. The van der Waals surface area contributed by atoms with Gasteiger partial charge in [-0.15, -0.1) is 10.2 Å². The van der Waals surface area contributed by atoms with Crippen molar-refractivity contribution >= 4 is 0 Å². The number of hydrogen-bond acceptors (Lipinski definition) is 3. The molecule has 6 heteroatoms. The number of rotatable bonds is 3. The van der Waals surface area contributed by atoms with Crippen molar-refractivity contribution in [1.82, 2.24) is 20.2 Å². The topological polar surface area (TPSA) is 43.6 Å². The fourth-order valence-electron chi connectivity index (χ4n) is 2.16. The first kappa shape index (κ1) is 13.4. The zero-order valence-electron chi connectivity index (χ0n) is 11.3. The number of halogens is 2. The second-order valence-corrected chi connectivity index (χ2v) is 4.73. The summed E-state index contributed by atoms with van der Waals surface area (Å²) >= 11 is 0. The first-order valence-corrected chi connectivity index (χ1v) is 6.38. The molecule has 0 aliphatic heterocycles. The number of hydrogen-bond donors (Lipinski definition) is 0. The van der Waals surface area contributed by atoms with Gasteiger partial charge in [0.25, 0.3) is 0 Å². The van der Waals surface area contributed by atoms with Gasteiger partial charge in [0.2, 0.25) is 0 Å². The number of tetrazole rings is 1. The van der Waals surface area contributed by atoms with Crippen molar-refractivity contribution in [2.45, 2.75) is 6.42 Å². The molecule has 0 fully saturated rings. The van der Waals surface area contributed by atoms with Gasteiger partial charge in [-0.1, -0.05) is 24.3 Å². The van der Waals surface area contributed by atoms with Gasteiger partial charge in [-0.05, 0) is 34.0 Å². The maximum atomic E-state index is 13.3. The van der Waals surface area contributed by atoms with E-state index in [1.54, 1.807) is 7.05 Å². The summed E-state index contributed by atoms with van der Waals surface area (Å²) in [5.41, 5.74) is 2.20. The van der Waals surface area contributed by atoms with Gasteiger partial charge in [-0.3, -0.25) is 0 Å². The molecule has 0 unspecified atom stereocenters. The Morgan fingerprint density at radius 3 is 2.43 bits per heavy atom. The Morgan fingerprint density at radius 2 is 1.76 bits per heavy atom. The van der Waals surface area contributed by atoms with Crippen molar-refractivity contribution in [3.05, 3.63) is 65.5 Å². The Labute approximate surface area is 120 Å². The molecule has 1 heterocycles. The highest BCUT2D eigenvalue weighted by molar-refractivity contribution is 5.64. The van der Waals surface area contributed by atoms with E-state index in [0.717, 1.165) is 17.2 Å². The largest absolute Gasteiger partial charge is 0.207 e. The number of benzene rings is 2. The minimum absolute atomic E-state index is 0.501. The third-order valence-corrected chi connectivity index (χ3v) is 3.03. The van der Waals surface area contributed by atoms with E-state index in [4.69, 9.17) is 0 Å². The summed E-state index contributed by atoms with van der Waals surface area (Å²) < 4.78 is 26.6. The highest BCUT2D eigenvalue weighted by Crippen LogP contribution is 2.23. The molecular formula is C15H12F2N4. The molecule has 0 saturated heterocycles. The van der Waals surface area contributed by atoms with Gasteiger partial charge in [0, 0.05) is 12.5 Å². The SMILES string of the molecule is Cn1nnc(Cc2cccc(-c3cc(F)cc(F)c3)c2)n1. The van der Waals surface area contributed by atoms with Crippen LogP contribution in [0.15, 0.2) is 42.5 Å². The molecule has 0 bridgehead atoms. The Hall–Kier alpha value is -2.63. The minimum Gasteiger partial charge on any atom is -0.207 e. The van der Waals surface area contributed by atoms with E-state index >= 15 is 0 Å². The van der Waals surface area contributed by atoms with E-state index in [1.807, 2.05) is 24.3 Å². The second kappa shape index (κ2) is 5.40. The van der Waals surface area contributed by atoms with Crippen LogP contribution >= 0.6 is 0 Å². The highest BCUT2D eigenvalue weighted by Gasteiger charge is 2.06. The molecule has 0 saturated carbocycles. The number of aromatic nitrogens is 4. The fourth-order valence-corrected chi connectivity index (χ4v) is 2.16. The maximum absolute atomic E-state index is 13.3. The Kier molecular flexibility index (Phi) is 3.43. The first-order chi connectivity index (χ1) is 10.1. The molecule has 0 aliphatic carbocycles. The van der Waals surface area contributed by atoms with E-state index in [9.17, 15) is 8.78 Å². The lowest BCUT2D eigenvalue weighted by Gasteiger charge is -2.05. The molecule has 0 atom stereocenters. The first-order valence-electron chi connectivity index (χ1n) is 6.38. The molecule has 21 heavy (non-hydrogen) atoms. The van der Waals surface area contributed by atoms with Crippen molar-refractivity contribution in [3.8, 4) is 11.1 Å².